The number of carbonyl (C=O) groups excluding carboxylic acids is 2. The van der Waals surface area contributed by atoms with E-state index in [1.165, 1.54) is 0 Å². The molecule has 1 heterocycles. The largest absolute Gasteiger partial charge is 0.450 e. The van der Waals surface area contributed by atoms with Crippen molar-refractivity contribution in [1.29, 1.82) is 0 Å². The Morgan fingerprint density at radius 1 is 1.53 bits per heavy atom. The topological polar surface area (TPSA) is 46.6 Å². The minimum absolute atomic E-state index is 0.106. The van der Waals surface area contributed by atoms with Crippen molar-refractivity contribution in [1.82, 2.24) is 4.90 Å². The summed E-state index contributed by atoms with van der Waals surface area (Å²) in [4.78, 5) is 23.7. The first kappa shape index (κ1) is 12.0. The van der Waals surface area contributed by atoms with Crippen LogP contribution in [0, 0.1) is 11.8 Å². The van der Waals surface area contributed by atoms with E-state index in [0.29, 0.717) is 25.6 Å². The molecular formula is C11H19NO3. The Bertz CT molecular complexity index is 222. The average Bonchev–Trinajstić information content (AvgIpc) is 2.28. The number of likely N-dealkylation sites (tertiary alicyclic amines) is 1. The predicted molar refractivity (Wildman–Crippen MR) is 56.5 cm³/mol. The van der Waals surface area contributed by atoms with Crippen molar-refractivity contribution in [2.75, 3.05) is 19.7 Å². The summed E-state index contributed by atoms with van der Waals surface area (Å²) in [6.45, 7) is 5.59. The highest BCUT2D eigenvalue weighted by atomic mass is 16.6. The van der Waals surface area contributed by atoms with Crippen molar-refractivity contribution in [3.63, 3.8) is 0 Å². The number of piperidine rings is 1. The third kappa shape index (κ3) is 3.22. The molecule has 1 aliphatic rings. The fourth-order valence-electron chi connectivity index (χ4n) is 1.93. The van der Waals surface area contributed by atoms with Crippen LogP contribution in [0.1, 0.15) is 26.7 Å². The van der Waals surface area contributed by atoms with Gasteiger partial charge in [-0.25, -0.2) is 4.79 Å². The first-order valence-corrected chi connectivity index (χ1v) is 5.56. The minimum atomic E-state index is -0.227. The highest BCUT2D eigenvalue weighted by Crippen LogP contribution is 2.23. The number of carbonyl (C=O) groups is 2. The lowest BCUT2D eigenvalue weighted by Crippen LogP contribution is -2.40. The molecule has 1 fully saturated rings. The molecule has 1 aliphatic heterocycles. The second-order valence-corrected chi connectivity index (χ2v) is 4.02. The quantitative estimate of drug-likeness (QED) is 0.670. The molecule has 0 aromatic rings. The number of rotatable bonds is 3. The number of aldehydes is 1. The molecule has 15 heavy (non-hydrogen) atoms. The molecule has 1 rings (SSSR count). The van der Waals surface area contributed by atoms with Crippen LogP contribution in [0.5, 0.6) is 0 Å². The van der Waals surface area contributed by atoms with Crippen LogP contribution in [0.3, 0.4) is 0 Å². The monoisotopic (exact) mass is 213 g/mol. The van der Waals surface area contributed by atoms with E-state index in [1.807, 2.05) is 6.92 Å². The Hall–Kier alpha value is -1.06. The molecular weight excluding hydrogens is 194 g/mol. The van der Waals surface area contributed by atoms with Gasteiger partial charge in [0.15, 0.2) is 0 Å². The van der Waals surface area contributed by atoms with Crippen LogP contribution >= 0.6 is 0 Å². The van der Waals surface area contributed by atoms with Crippen molar-refractivity contribution in [2.24, 2.45) is 11.8 Å². The van der Waals surface area contributed by atoms with Crippen LogP contribution in [0.15, 0.2) is 0 Å². The summed E-state index contributed by atoms with van der Waals surface area (Å²) >= 11 is 0. The second kappa shape index (κ2) is 5.73. The summed E-state index contributed by atoms with van der Waals surface area (Å²) in [5.74, 6) is 0.530. The molecule has 0 radical (unpaired) electrons. The summed E-state index contributed by atoms with van der Waals surface area (Å²) in [5, 5.41) is 0. The maximum Gasteiger partial charge on any atom is 0.409 e. The van der Waals surface area contributed by atoms with Crippen LogP contribution in [0.4, 0.5) is 4.79 Å². The fraction of sp³-hybridized carbons (Fsp3) is 0.818. The Labute approximate surface area is 90.6 Å². The first-order valence-electron chi connectivity index (χ1n) is 5.56. The molecule has 0 spiro atoms. The van der Waals surface area contributed by atoms with Crippen molar-refractivity contribution < 1.29 is 14.3 Å². The molecule has 0 bridgehead atoms. The molecule has 1 atom stereocenters. The number of amides is 1. The Morgan fingerprint density at radius 3 is 2.60 bits per heavy atom. The molecule has 4 nitrogen and oxygen atoms in total. The zero-order valence-electron chi connectivity index (χ0n) is 9.44. The van der Waals surface area contributed by atoms with Gasteiger partial charge < -0.3 is 14.4 Å². The summed E-state index contributed by atoms with van der Waals surface area (Å²) in [7, 11) is 0. The number of hydrogen-bond donors (Lipinski definition) is 0. The average molecular weight is 213 g/mol. The summed E-state index contributed by atoms with van der Waals surface area (Å²) in [6.07, 6.45) is 2.58. The van der Waals surface area contributed by atoms with Crippen LogP contribution < -0.4 is 0 Å². The molecule has 0 N–H and O–H groups in total. The molecule has 86 valence electrons. The van der Waals surface area contributed by atoms with Crippen LogP contribution in [0.2, 0.25) is 0 Å². The Morgan fingerprint density at radius 2 is 2.13 bits per heavy atom. The highest BCUT2D eigenvalue weighted by Gasteiger charge is 2.26. The second-order valence-electron chi connectivity index (χ2n) is 4.02. The Balaban J connectivity index is 2.35. The van der Waals surface area contributed by atoms with Gasteiger partial charge in [-0.1, -0.05) is 6.92 Å². The van der Waals surface area contributed by atoms with Crippen molar-refractivity contribution in [3.05, 3.63) is 0 Å². The van der Waals surface area contributed by atoms with Gasteiger partial charge in [-0.2, -0.15) is 0 Å². The molecule has 0 aromatic carbocycles. The predicted octanol–water partition coefficient (Wildman–Crippen LogP) is 1.69. The first-order chi connectivity index (χ1) is 7.19. The summed E-state index contributed by atoms with van der Waals surface area (Å²) in [5.41, 5.74) is 0. The van der Waals surface area contributed by atoms with E-state index in [4.69, 9.17) is 4.74 Å². The molecule has 0 aromatic heterocycles. The maximum absolute atomic E-state index is 11.4. The molecule has 4 heteroatoms. The van der Waals surface area contributed by atoms with E-state index >= 15 is 0 Å². The molecule has 0 saturated carbocycles. The maximum atomic E-state index is 11.4. The van der Waals surface area contributed by atoms with Crippen LogP contribution in [0.25, 0.3) is 0 Å². The van der Waals surface area contributed by atoms with Gasteiger partial charge >= 0.3 is 6.09 Å². The molecule has 1 saturated heterocycles. The summed E-state index contributed by atoms with van der Waals surface area (Å²) in [6, 6.07) is 0. The SMILES string of the molecule is CCOC(=O)N1CCC(C(C)C=O)CC1. The van der Waals surface area contributed by atoms with Gasteiger partial charge in [0.1, 0.15) is 6.29 Å². The zero-order valence-corrected chi connectivity index (χ0v) is 9.44. The van der Waals surface area contributed by atoms with Crippen LogP contribution in [-0.2, 0) is 9.53 Å². The van der Waals surface area contributed by atoms with Gasteiger partial charge in [0.05, 0.1) is 6.61 Å². The standard InChI is InChI=1S/C11H19NO3/c1-3-15-11(14)12-6-4-10(5-7-12)9(2)8-13/h8-10H,3-7H2,1-2H3. The molecule has 1 amide bonds. The van der Waals surface area contributed by atoms with E-state index in [2.05, 4.69) is 0 Å². The van der Waals surface area contributed by atoms with E-state index in [0.717, 1.165) is 19.1 Å². The van der Waals surface area contributed by atoms with Gasteiger partial charge in [0.2, 0.25) is 0 Å². The van der Waals surface area contributed by atoms with E-state index in [-0.39, 0.29) is 12.0 Å². The summed E-state index contributed by atoms with van der Waals surface area (Å²) < 4.78 is 4.92. The lowest BCUT2D eigenvalue weighted by Gasteiger charge is -2.32. The van der Waals surface area contributed by atoms with E-state index < -0.39 is 0 Å². The normalized spacial score (nSPS) is 19.7. The minimum Gasteiger partial charge on any atom is -0.450 e. The van der Waals surface area contributed by atoms with Gasteiger partial charge in [-0.05, 0) is 25.7 Å². The third-order valence-corrected chi connectivity index (χ3v) is 3.02. The van der Waals surface area contributed by atoms with Crippen molar-refractivity contribution in [2.45, 2.75) is 26.7 Å². The van der Waals surface area contributed by atoms with Crippen LogP contribution in [-0.4, -0.2) is 37.0 Å². The smallest absolute Gasteiger partial charge is 0.409 e. The van der Waals surface area contributed by atoms with Gasteiger partial charge in [0, 0.05) is 19.0 Å². The van der Waals surface area contributed by atoms with Gasteiger partial charge in [0.25, 0.3) is 0 Å². The zero-order chi connectivity index (χ0) is 11.3. The highest BCUT2D eigenvalue weighted by molar-refractivity contribution is 5.67. The molecule has 1 unspecified atom stereocenters. The van der Waals surface area contributed by atoms with Crippen molar-refractivity contribution in [3.8, 4) is 0 Å². The van der Waals surface area contributed by atoms with Gasteiger partial charge in [-0.15, -0.1) is 0 Å². The lowest BCUT2D eigenvalue weighted by molar-refractivity contribution is -0.112. The number of hydrogen-bond acceptors (Lipinski definition) is 3. The van der Waals surface area contributed by atoms with E-state index in [1.54, 1.807) is 11.8 Å². The number of ether oxygens (including phenoxy) is 1. The third-order valence-electron chi connectivity index (χ3n) is 3.02. The van der Waals surface area contributed by atoms with E-state index in [9.17, 15) is 9.59 Å². The molecule has 0 aliphatic carbocycles. The van der Waals surface area contributed by atoms with Gasteiger partial charge in [-0.3, -0.25) is 0 Å². The fourth-order valence-corrected chi connectivity index (χ4v) is 1.93. The Kier molecular flexibility index (Phi) is 4.59. The lowest BCUT2D eigenvalue weighted by atomic mass is 9.86. The number of nitrogens with zero attached hydrogens (tertiary/aromatic N) is 1. The van der Waals surface area contributed by atoms with Crippen molar-refractivity contribution >= 4 is 12.4 Å².